The summed E-state index contributed by atoms with van der Waals surface area (Å²) in [5, 5.41) is 14.1. The lowest BCUT2D eigenvalue weighted by molar-refractivity contribution is -0.669. The van der Waals surface area contributed by atoms with Gasteiger partial charge in [0.15, 0.2) is 5.75 Å². The Morgan fingerprint density at radius 3 is 2.90 bits per heavy atom. The summed E-state index contributed by atoms with van der Waals surface area (Å²) < 4.78 is 4.89. The Kier molecular flexibility index (Phi) is 1.71. The van der Waals surface area contributed by atoms with Crippen molar-refractivity contribution in [3.05, 3.63) is 23.2 Å². The largest absolute Gasteiger partial charge is 0.594 e. The molecule has 4 heteroatoms. The first kappa shape index (κ1) is 6.80. The smallest absolute Gasteiger partial charge is 0.213 e. The van der Waals surface area contributed by atoms with Gasteiger partial charge in [-0.1, -0.05) is 4.85 Å². The van der Waals surface area contributed by atoms with Gasteiger partial charge in [-0.2, -0.15) is 0 Å². The van der Waals surface area contributed by atoms with E-state index in [1.165, 1.54) is 6.20 Å². The molecule has 4 nitrogen and oxygen atoms in total. The van der Waals surface area contributed by atoms with Crippen LogP contribution in [0.25, 0.3) is 0 Å². The predicted molar refractivity (Wildman–Crippen MR) is 34.5 cm³/mol. The summed E-state index contributed by atoms with van der Waals surface area (Å²) in [6.07, 6.45) is 1.30. The summed E-state index contributed by atoms with van der Waals surface area (Å²) in [7, 11) is 1.54. The second-order valence-corrected chi connectivity index (χ2v) is 1.87. The number of methoxy groups -OCH3 is 1. The highest BCUT2D eigenvalue weighted by molar-refractivity contribution is 5.21. The van der Waals surface area contributed by atoms with Crippen LogP contribution in [0.4, 0.5) is 0 Å². The van der Waals surface area contributed by atoms with Crippen LogP contribution in [-0.4, -0.2) is 12.2 Å². The molecule has 0 aliphatic carbocycles. The molecule has 0 saturated carbocycles. The van der Waals surface area contributed by atoms with Gasteiger partial charge in [-0.05, 0) is 6.92 Å². The summed E-state index contributed by atoms with van der Waals surface area (Å²) in [5.41, 5.74) is 0.597. The van der Waals surface area contributed by atoms with Crippen LogP contribution in [0.5, 0.6) is 5.75 Å². The molecule has 0 radical (unpaired) electrons. The number of rotatable bonds is 1. The average Bonchev–Trinajstić information content (AvgIpc) is 1.88. The third-order valence-corrected chi connectivity index (χ3v) is 1.18. The van der Waals surface area contributed by atoms with Crippen LogP contribution >= 0.6 is 0 Å². The van der Waals surface area contributed by atoms with Gasteiger partial charge >= 0.3 is 0 Å². The van der Waals surface area contributed by atoms with E-state index in [1.54, 1.807) is 20.1 Å². The zero-order valence-electron chi connectivity index (χ0n) is 5.87. The van der Waals surface area contributed by atoms with E-state index in [-0.39, 0.29) is 0 Å². The number of aryl methyl sites for hydroxylation is 1. The molecule has 0 aliphatic rings. The molecular weight excluding hydrogens is 132 g/mol. The van der Waals surface area contributed by atoms with Gasteiger partial charge in [0.2, 0.25) is 6.20 Å². The van der Waals surface area contributed by atoms with Crippen molar-refractivity contribution in [3.8, 4) is 5.75 Å². The normalized spacial score (nSPS) is 9.40. The average molecular weight is 140 g/mol. The minimum Gasteiger partial charge on any atom is -0.594 e. The molecule has 10 heavy (non-hydrogen) atoms. The number of ether oxygens (including phenoxy) is 1. The zero-order chi connectivity index (χ0) is 7.56. The van der Waals surface area contributed by atoms with Crippen LogP contribution in [0.3, 0.4) is 0 Å². The van der Waals surface area contributed by atoms with Gasteiger partial charge in [0.1, 0.15) is 5.69 Å². The lowest BCUT2D eigenvalue weighted by atomic mass is 10.4. The number of hydrogen-bond acceptors (Lipinski definition) is 3. The molecule has 1 heterocycles. The first-order valence-corrected chi connectivity index (χ1v) is 2.85. The van der Waals surface area contributed by atoms with Gasteiger partial charge in [-0.15, -0.1) is 0 Å². The summed E-state index contributed by atoms with van der Waals surface area (Å²) in [6.45, 7) is 1.72. The fourth-order valence-electron chi connectivity index (χ4n) is 0.698. The molecule has 54 valence electrons. The second-order valence-electron chi connectivity index (χ2n) is 1.87. The topological polar surface area (TPSA) is 49.1 Å². The summed E-state index contributed by atoms with van der Waals surface area (Å²) in [6, 6.07) is 1.58. The van der Waals surface area contributed by atoms with E-state index in [1.807, 2.05) is 0 Å². The first-order chi connectivity index (χ1) is 4.74. The Bertz CT molecular complexity index is 237. The van der Waals surface area contributed by atoms with Gasteiger partial charge in [0.05, 0.1) is 13.2 Å². The highest BCUT2D eigenvalue weighted by atomic mass is 16.5. The van der Waals surface area contributed by atoms with Crippen LogP contribution in [0.1, 0.15) is 5.69 Å². The molecule has 1 rings (SSSR count). The summed E-state index contributed by atoms with van der Waals surface area (Å²) >= 11 is 0. The van der Waals surface area contributed by atoms with Crippen molar-refractivity contribution in [2.24, 2.45) is 0 Å². The monoisotopic (exact) mass is 140 g/mol. The SMILES string of the molecule is COc1cc[n+]([O-])nc1C. The van der Waals surface area contributed by atoms with Crippen LogP contribution < -0.4 is 9.58 Å². The maximum atomic E-state index is 10.5. The Morgan fingerprint density at radius 1 is 1.70 bits per heavy atom. The van der Waals surface area contributed by atoms with Gasteiger partial charge in [0, 0.05) is 5.10 Å². The van der Waals surface area contributed by atoms with Crippen molar-refractivity contribution in [2.75, 3.05) is 7.11 Å². The summed E-state index contributed by atoms with van der Waals surface area (Å²) in [4.78, 5) is 0.498. The number of hydrogen-bond donors (Lipinski definition) is 0. The first-order valence-electron chi connectivity index (χ1n) is 2.85. The maximum absolute atomic E-state index is 10.5. The highest BCUT2D eigenvalue weighted by Gasteiger charge is 2.01. The molecule has 0 N–H and O–H groups in total. The van der Waals surface area contributed by atoms with Crippen molar-refractivity contribution in [3.63, 3.8) is 0 Å². The van der Waals surface area contributed by atoms with E-state index in [9.17, 15) is 5.21 Å². The Labute approximate surface area is 58.6 Å². The summed E-state index contributed by atoms with van der Waals surface area (Å²) in [5.74, 6) is 0.632. The minimum absolute atomic E-state index is 0.498. The minimum atomic E-state index is 0.498. The second kappa shape index (κ2) is 2.51. The van der Waals surface area contributed by atoms with Crippen LogP contribution in [0, 0.1) is 12.1 Å². The van der Waals surface area contributed by atoms with E-state index >= 15 is 0 Å². The van der Waals surface area contributed by atoms with Gasteiger partial charge in [-0.25, -0.2) is 0 Å². The third-order valence-electron chi connectivity index (χ3n) is 1.18. The Balaban J connectivity index is 3.07. The van der Waals surface area contributed by atoms with E-state index in [0.29, 0.717) is 16.3 Å². The van der Waals surface area contributed by atoms with Gasteiger partial charge in [-0.3, -0.25) is 0 Å². The zero-order valence-corrected chi connectivity index (χ0v) is 5.87. The van der Waals surface area contributed by atoms with Crippen LogP contribution in [0.2, 0.25) is 0 Å². The molecule has 0 bridgehead atoms. The van der Waals surface area contributed by atoms with Crippen molar-refractivity contribution >= 4 is 0 Å². The molecule has 0 aromatic carbocycles. The molecule has 1 aromatic rings. The lowest BCUT2D eigenvalue weighted by Gasteiger charge is -1.99. The van der Waals surface area contributed by atoms with E-state index < -0.39 is 0 Å². The quantitative estimate of drug-likeness (QED) is 0.408. The van der Waals surface area contributed by atoms with E-state index in [0.717, 1.165) is 0 Å². The fourth-order valence-corrected chi connectivity index (χ4v) is 0.698. The van der Waals surface area contributed by atoms with Gasteiger partial charge in [0.25, 0.3) is 0 Å². The Morgan fingerprint density at radius 2 is 2.40 bits per heavy atom. The van der Waals surface area contributed by atoms with Gasteiger partial charge < -0.3 is 9.94 Å². The molecule has 0 unspecified atom stereocenters. The van der Waals surface area contributed by atoms with E-state index in [4.69, 9.17) is 4.74 Å². The highest BCUT2D eigenvalue weighted by Crippen LogP contribution is 2.09. The molecular formula is C6H8N2O2. The maximum Gasteiger partial charge on any atom is 0.213 e. The molecule has 0 spiro atoms. The van der Waals surface area contributed by atoms with Crippen molar-refractivity contribution in [1.29, 1.82) is 0 Å². The molecule has 0 fully saturated rings. The van der Waals surface area contributed by atoms with Crippen molar-refractivity contribution < 1.29 is 9.58 Å². The molecule has 0 atom stereocenters. The lowest BCUT2D eigenvalue weighted by Crippen LogP contribution is -2.30. The van der Waals surface area contributed by atoms with Crippen LogP contribution in [-0.2, 0) is 0 Å². The number of nitrogens with zero attached hydrogens (tertiary/aromatic N) is 2. The molecule has 0 amide bonds. The van der Waals surface area contributed by atoms with Crippen molar-refractivity contribution in [1.82, 2.24) is 5.10 Å². The number of aromatic nitrogens is 2. The fraction of sp³-hybridized carbons (Fsp3) is 0.333. The standard InChI is InChI=1S/C6H8N2O2/c1-5-6(10-2)3-4-8(9)7-5/h3-4H,1-2H3. The third kappa shape index (κ3) is 1.15. The molecule has 1 aromatic heterocycles. The predicted octanol–water partition coefficient (Wildman–Crippen LogP) is 0.0320. The van der Waals surface area contributed by atoms with E-state index in [2.05, 4.69) is 5.10 Å². The Hall–Kier alpha value is -1.32. The van der Waals surface area contributed by atoms with Crippen LogP contribution in [0.15, 0.2) is 12.3 Å². The molecule has 0 saturated heterocycles. The van der Waals surface area contributed by atoms with Crippen molar-refractivity contribution in [2.45, 2.75) is 6.92 Å². The molecule has 0 aliphatic heterocycles.